The van der Waals surface area contributed by atoms with Crippen molar-refractivity contribution in [2.45, 2.75) is 66.0 Å². The predicted molar refractivity (Wildman–Crippen MR) is 135 cm³/mol. The van der Waals surface area contributed by atoms with E-state index in [4.69, 9.17) is 16.3 Å². The first-order valence-electron chi connectivity index (χ1n) is 11.5. The topological polar surface area (TPSA) is 158 Å². The number of carboxylic acids is 1. The van der Waals surface area contributed by atoms with Crippen molar-refractivity contribution in [3.05, 3.63) is 28.8 Å². The van der Waals surface area contributed by atoms with Gasteiger partial charge in [-0.25, -0.2) is 9.59 Å². The van der Waals surface area contributed by atoms with Gasteiger partial charge in [-0.1, -0.05) is 17.7 Å². The van der Waals surface area contributed by atoms with Crippen LogP contribution < -0.4 is 34.9 Å². The number of nitrogens with zero attached hydrogens (tertiary/aromatic N) is 1. The second-order valence-electron chi connectivity index (χ2n) is 9.11. The summed E-state index contributed by atoms with van der Waals surface area (Å²) in [6.07, 6.45) is 1.12. The van der Waals surface area contributed by atoms with Crippen LogP contribution in [0.1, 0.15) is 64.7 Å². The van der Waals surface area contributed by atoms with Gasteiger partial charge in [-0.05, 0) is 45.7 Å². The van der Waals surface area contributed by atoms with Crippen LogP contribution in [0.5, 0.6) is 0 Å². The van der Waals surface area contributed by atoms with Gasteiger partial charge in [0.1, 0.15) is 11.2 Å². The minimum Gasteiger partial charge on any atom is -0.625 e. The molecule has 1 heterocycles. The second kappa shape index (κ2) is 16.5. The Morgan fingerprint density at radius 2 is 1.45 bits per heavy atom. The minimum atomic E-state index is -2.41. The molecule has 0 radical (unpaired) electrons. The molecule has 1 aliphatic rings. The van der Waals surface area contributed by atoms with Crippen molar-refractivity contribution >= 4 is 54.6 Å². The van der Waals surface area contributed by atoms with Crippen molar-refractivity contribution < 1.29 is 77.3 Å². The van der Waals surface area contributed by atoms with E-state index >= 15 is 0 Å². The Kier molecular flexibility index (Phi) is 15.4. The molecule has 1 amide bonds. The molecule has 0 aliphatic carbocycles. The molecule has 38 heavy (non-hydrogen) atoms. The number of rotatable bonds is 6. The van der Waals surface area contributed by atoms with E-state index in [9.17, 15) is 29.1 Å². The molecule has 1 fully saturated rings. The molecule has 2 N–H and O–H groups in total. The molecule has 0 saturated carbocycles. The van der Waals surface area contributed by atoms with Gasteiger partial charge in [0.15, 0.2) is 0 Å². The van der Waals surface area contributed by atoms with Crippen LogP contribution in [-0.2, 0) is 33.1 Å². The Morgan fingerprint density at radius 1 is 0.974 bits per heavy atom. The molecule has 206 valence electrons. The number of carbonyl (C=O) groups excluding carboxylic acids is 4. The van der Waals surface area contributed by atoms with Crippen LogP contribution in [0.3, 0.4) is 0 Å². The van der Waals surface area contributed by atoms with Gasteiger partial charge in [-0.15, -0.1) is 0 Å². The maximum Gasteiger partial charge on any atom is 1.00 e. The first-order valence-corrected chi connectivity index (χ1v) is 11.9. The smallest absolute Gasteiger partial charge is 0.625 e. The van der Waals surface area contributed by atoms with Crippen molar-refractivity contribution in [1.29, 1.82) is 0 Å². The molecule has 1 saturated heterocycles. The van der Waals surface area contributed by atoms with Crippen LogP contribution >= 0.6 is 11.6 Å². The van der Waals surface area contributed by atoms with Gasteiger partial charge in [-0.2, -0.15) is 0 Å². The Labute approximate surface area is 249 Å². The fraction of sp³-hybridized carbons (Fsp3) is 0.522. The van der Waals surface area contributed by atoms with Crippen LogP contribution in [-0.4, -0.2) is 72.0 Å². The van der Waals surface area contributed by atoms with E-state index in [2.05, 4.69) is 19.3 Å². The van der Waals surface area contributed by atoms with Gasteiger partial charge in [0.2, 0.25) is 0 Å². The molecule has 1 aromatic carbocycles. The summed E-state index contributed by atoms with van der Waals surface area (Å²) in [6.45, 7) is 10.0. The molecule has 0 atom stereocenters. The van der Waals surface area contributed by atoms with Crippen molar-refractivity contribution in [3.63, 3.8) is 0 Å². The van der Waals surface area contributed by atoms with Gasteiger partial charge in [0.05, 0.1) is 10.7 Å². The zero-order valence-corrected chi connectivity index (χ0v) is 25.5. The number of halogens is 1. The van der Waals surface area contributed by atoms with Crippen molar-refractivity contribution in [2.75, 3.05) is 18.4 Å². The van der Waals surface area contributed by atoms with Crippen molar-refractivity contribution in [1.82, 2.24) is 4.90 Å². The molecule has 0 spiro atoms. The van der Waals surface area contributed by atoms with Crippen LogP contribution in [0.15, 0.2) is 18.2 Å². The first kappa shape index (κ1) is 35.5. The molecule has 0 bridgehead atoms. The summed E-state index contributed by atoms with van der Waals surface area (Å²) in [6, 6.07) is 5.06. The normalized spacial score (nSPS) is 13.2. The van der Waals surface area contributed by atoms with Crippen molar-refractivity contribution in [2.24, 2.45) is 0 Å². The predicted octanol–water partition coefficient (Wildman–Crippen LogP) is 0.247. The second-order valence-corrected chi connectivity index (χ2v) is 9.52. The molecule has 12 nitrogen and oxygen atoms in total. The standard InChI is InChI=1S/C17H23ClN2O4.C6H10BO6.Na/c1-17(2,3)24-16(23)20-9-7-11(8-10-20)19-13-6-4-5-12(18)14(13)15(21)22;1-4(8)11-7(12-5(2)9)13-6(3)10;/h4-6,11,19H,7-10H2,1-3H3,(H,21,22);7H,1-3H3;/q;-1;+1. The largest absolute Gasteiger partial charge is 1.00 e. The molecule has 15 heteroatoms. The molecule has 1 aromatic rings. The molecule has 2 rings (SSSR count). The Morgan fingerprint density at radius 3 is 1.84 bits per heavy atom. The maximum absolute atomic E-state index is 12.1. The summed E-state index contributed by atoms with van der Waals surface area (Å²) in [5.41, 5.74) is 0.0723. The number of piperidine rings is 1. The minimum absolute atomic E-state index is 0. The number of ether oxygens (including phenoxy) is 1. The summed E-state index contributed by atoms with van der Waals surface area (Å²) in [7, 11) is -2.41. The number of hydrogen-bond acceptors (Lipinski definition) is 10. The number of aromatic carboxylic acids is 1. The van der Waals surface area contributed by atoms with E-state index in [0.29, 0.717) is 31.6 Å². The average Bonchev–Trinajstić information content (AvgIpc) is 2.71. The fourth-order valence-corrected chi connectivity index (χ4v) is 3.46. The monoisotopic (exact) mass is 566 g/mol. The summed E-state index contributed by atoms with van der Waals surface area (Å²) in [5.74, 6) is -3.10. The third kappa shape index (κ3) is 13.9. The number of carbonyl (C=O) groups is 5. The molecular formula is C23H33BClN2NaO10. The molecular weight excluding hydrogens is 534 g/mol. The van der Waals surface area contributed by atoms with Gasteiger partial charge in [0, 0.05) is 39.9 Å². The summed E-state index contributed by atoms with van der Waals surface area (Å²) < 4.78 is 18.7. The quantitative estimate of drug-likeness (QED) is 0.455. The Hall–Kier alpha value is -2.48. The summed E-state index contributed by atoms with van der Waals surface area (Å²) >= 11 is 5.98. The summed E-state index contributed by atoms with van der Waals surface area (Å²) in [5, 5.41) is 12.7. The van der Waals surface area contributed by atoms with Crippen molar-refractivity contribution in [3.8, 4) is 0 Å². The third-order valence-corrected chi connectivity index (χ3v) is 5.01. The van der Waals surface area contributed by atoms with Gasteiger partial charge in [-0.3, -0.25) is 14.4 Å². The van der Waals surface area contributed by atoms with E-state index in [0.717, 1.165) is 20.8 Å². The number of benzene rings is 1. The SMILES string of the molecule is CC(=O)O[BH-](OC(C)=O)OC(C)=O.CC(C)(C)OC(=O)N1CCC(Nc2cccc(Cl)c2C(=O)O)CC1.[Na+]. The van der Waals surface area contributed by atoms with Gasteiger partial charge >= 0.3 is 48.9 Å². The fourth-order valence-electron chi connectivity index (χ4n) is 3.20. The van der Waals surface area contributed by atoms with E-state index in [1.165, 1.54) is 0 Å². The molecule has 0 aromatic heterocycles. The first-order chi connectivity index (χ1) is 17.1. The number of nitrogens with one attached hydrogen (secondary N) is 1. The van der Waals surface area contributed by atoms with Crippen LogP contribution in [0.4, 0.5) is 10.5 Å². The van der Waals surface area contributed by atoms with E-state index < -0.39 is 36.8 Å². The number of likely N-dealkylation sites (tertiary alicyclic amines) is 1. The molecule has 1 aliphatic heterocycles. The van der Waals surface area contributed by atoms with Gasteiger partial charge < -0.3 is 34.0 Å². The Balaban J connectivity index is 0.000000838. The number of anilines is 1. The molecule has 0 unspecified atom stereocenters. The zero-order chi connectivity index (χ0) is 28.3. The van der Waals surface area contributed by atoms with Gasteiger partial charge in [0.25, 0.3) is 17.9 Å². The zero-order valence-electron chi connectivity index (χ0n) is 22.8. The van der Waals surface area contributed by atoms with Crippen LogP contribution in [0.2, 0.25) is 5.02 Å². The van der Waals surface area contributed by atoms with E-state index in [-0.39, 0.29) is 52.3 Å². The summed E-state index contributed by atoms with van der Waals surface area (Å²) in [4.78, 5) is 56.4. The Bertz CT molecular complexity index is 959. The number of hydrogen-bond donors (Lipinski definition) is 2. The van der Waals surface area contributed by atoms with Crippen LogP contribution in [0, 0.1) is 0 Å². The number of amides is 1. The van der Waals surface area contributed by atoms with E-state index in [1.54, 1.807) is 23.1 Å². The van der Waals surface area contributed by atoms with Crippen LogP contribution in [0.25, 0.3) is 0 Å². The third-order valence-electron chi connectivity index (χ3n) is 4.70. The maximum atomic E-state index is 12.1. The number of carboxylic acid groups (broad SMARTS) is 1. The average molecular weight is 567 g/mol. The van der Waals surface area contributed by atoms with E-state index in [1.807, 2.05) is 20.8 Å².